The Morgan fingerprint density at radius 1 is 1.05 bits per heavy atom. The average Bonchev–Trinajstić information content (AvgIpc) is 2.38. The van der Waals surface area contributed by atoms with Crippen molar-refractivity contribution in [3.63, 3.8) is 0 Å². The third kappa shape index (κ3) is 3.44. The summed E-state index contributed by atoms with van der Waals surface area (Å²) in [6, 6.07) is 4.27. The van der Waals surface area contributed by atoms with Crippen molar-refractivity contribution in [2.75, 3.05) is 5.32 Å². The number of carbonyl (C=O) groups excluding carboxylic acids is 1. The number of anilines is 1. The molecule has 1 amide bonds. The van der Waals surface area contributed by atoms with Gasteiger partial charge in [0.2, 0.25) is 0 Å². The Bertz CT molecular complexity index is 616. The number of rotatable bonds is 4. The zero-order valence-electron chi connectivity index (χ0n) is 11.4. The van der Waals surface area contributed by atoms with Gasteiger partial charge in [-0.15, -0.1) is 0 Å². The number of hydrogen-bond acceptors (Lipinski definition) is 3. The van der Waals surface area contributed by atoms with E-state index < -0.39 is 17.8 Å². The van der Waals surface area contributed by atoms with Crippen LogP contribution in [-0.2, 0) is 9.59 Å². The molecule has 0 fully saturated rings. The number of hydrogen-bond donors (Lipinski definition) is 3. The van der Waals surface area contributed by atoms with E-state index in [1.165, 1.54) is 32.0 Å². The van der Waals surface area contributed by atoms with E-state index in [9.17, 15) is 14.4 Å². The van der Waals surface area contributed by atoms with Crippen molar-refractivity contribution in [3.8, 4) is 0 Å². The van der Waals surface area contributed by atoms with Crippen LogP contribution in [0.25, 0.3) is 0 Å². The second kappa shape index (κ2) is 6.01. The molecule has 6 nitrogen and oxygen atoms in total. The Morgan fingerprint density at radius 2 is 1.65 bits per heavy atom. The Balaban J connectivity index is 3.00. The van der Waals surface area contributed by atoms with Crippen LogP contribution in [0, 0.1) is 6.92 Å². The zero-order chi connectivity index (χ0) is 15.4. The van der Waals surface area contributed by atoms with E-state index in [1.54, 1.807) is 6.92 Å². The Hall–Kier alpha value is -2.63. The summed E-state index contributed by atoms with van der Waals surface area (Å²) in [7, 11) is 0. The molecule has 3 N–H and O–H groups in total. The topological polar surface area (TPSA) is 104 Å². The molecule has 1 aromatic carbocycles. The Morgan fingerprint density at radius 3 is 2.10 bits per heavy atom. The highest BCUT2D eigenvalue weighted by atomic mass is 16.4. The van der Waals surface area contributed by atoms with Gasteiger partial charge in [0.1, 0.15) is 0 Å². The van der Waals surface area contributed by atoms with E-state index >= 15 is 0 Å². The minimum Gasteiger partial charge on any atom is -0.478 e. The molecule has 106 valence electrons. The number of amides is 1. The molecule has 6 heteroatoms. The van der Waals surface area contributed by atoms with Crippen LogP contribution in [0.5, 0.6) is 0 Å². The molecule has 0 radical (unpaired) electrons. The van der Waals surface area contributed by atoms with Gasteiger partial charge in [-0.2, -0.15) is 0 Å². The van der Waals surface area contributed by atoms with Gasteiger partial charge in [-0.1, -0.05) is 0 Å². The van der Waals surface area contributed by atoms with Gasteiger partial charge in [0.05, 0.1) is 5.56 Å². The molecular weight excluding hydrogens is 262 g/mol. The fourth-order valence-electron chi connectivity index (χ4n) is 1.48. The molecule has 0 saturated carbocycles. The average molecular weight is 277 g/mol. The van der Waals surface area contributed by atoms with Crippen LogP contribution < -0.4 is 5.32 Å². The van der Waals surface area contributed by atoms with Crippen molar-refractivity contribution in [1.29, 1.82) is 0 Å². The lowest BCUT2D eigenvalue weighted by molar-refractivity contribution is -0.133. The van der Waals surface area contributed by atoms with Crippen LogP contribution >= 0.6 is 0 Å². The van der Waals surface area contributed by atoms with Gasteiger partial charge in [0, 0.05) is 16.8 Å². The van der Waals surface area contributed by atoms with Gasteiger partial charge < -0.3 is 15.5 Å². The Kier molecular flexibility index (Phi) is 4.63. The van der Waals surface area contributed by atoms with E-state index in [0.717, 1.165) is 0 Å². The van der Waals surface area contributed by atoms with Crippen molar-refractivity contribution in [2.45, 2.75) is 20.8 Å². The molecule has 0 atom stereocenters. The first-order valence-electron chi connectivity index (χ1n) is 5.80. The van der Waals surface area contributed by atoms with Gasteiger partial charge in [0.25, 0.3) is 5.91 Å². The maximum atomic E-state index is 11.9. The lowest BCUT2D eigenvalue weighted by Crippen LogP contribution is -2.17. The lowest BCUT2D eigenvalue weighted by atomic mass is 10.1. The predicted octanol–water partition coefficient (Wildman–Crippen LogP) is 2.05. The van der Waals surface area contributed by atoms with Gasteiger partial charge >= 0.3 is 11.9 Å². The second-order valence-electron chi connectivity index (χ2n) is 4.34. The van der Waals surface area contributed by atoms with E-state index in [1.807, 2.05) is 0 Å². The first-order chi connectivity index (χ1) is 9.23. The highest BCUT2D eigenvalue weighted by Crippen LogP contribution is 2.18. The van der Waals surface area contributed by atoms with Crippen molar-refractivity contribution < 1.29 is 24.6 Å². The van der Waals surface area contributed by atoms with E-state index in [2.05, 4.69) is 5.32 Å². The molecule has 0 spiro atoms. The van der Waals surface area contributed by atoms with Crippen LogP contribution in [-0.4, -0.2) is 28.1 Å². The molecule has 0 bridgehead atoms. The highest BCUT2D eigenvalue weighted by Gasteiger charge is 2.14. The van der Waals surface area contributed by atoms with Gasteiger partial charge in [-0.05, 0) is 44.5 Å². The van der Waals surface area contributed by atoms with Gasteiger partial charge in [-0.25, -0.2) is 9.59 Å². The molecule has 0 heterocycles. The summed E-state index contributed by atoms with van der Waals surface area (Å²) in [6.45, 7) is 4.42. The molecule has 1 aromatic rings. The number of carboxylic acids is 2. The van der Waals surface area contributed by atoms with Crippen LogP contribution in [0.4, 0.5) is 5.69 Å². The zero-order valence-corrected chi connectivity index (χ0v) is 11.4. The molecule has 0 aliphatic rings. The van der Waals surface area contributed by atoms with E-state index in [4.69, 9.17) is 10.2 Å². The molecule has 1 rings (SSSR count). The summed E-state index contributed by atoms with van der Waals surface area (Å²) in [4.78, 5) is 33.5. The van der Waals surface area contributed by atoms with E-state index in [0.29, 0.717) is 11.3 Å². The van der Waals surface area contributed by atoms with Gasteiger partial charge in [-0.3, -0.25) is 4.79 Å². The summed E-state index contributed by atoms with van der Waals surface area (Å²) < 4.78 is 0. The summed E-state index contributed by atoms with van der Waals surface area (Å²) in [5.41, 5.74) is 1.20. The summed E-state index contributed by atoms with van der Waals surface area (Å²) in [5.74, 6) is -2.74. The van der Waals surface area contributed by atoms with Crippen molar-refractivity contribution in [2.24, 2.45) is 0 Å². The quantitative estimate of drug-likeness (QED) is 0.731. The minimum absolute atomic E-state index is 0.0395. The second-order valence-corrected chi connectivity index (χ2v) is 4.34. The monoisotopic (exact) mass is 277 g/mol. The third-order valence-electron chi connectivity index (χ3n) is 2.95. The number of aryl methyl sites for hydroxylation is 1. The largest absolute Gasteiger partial charge is 0.478 e. The molecule has 0 saturated heterocycles. The maximum Gasteiger partial charge on any atom is 0.335 e. The molecule has 20 heavy (non-hydrogen) atoms. The summed E-state index contributed by atoms with van der Waals surface area (Å²) >= 11 is 0. The number of aliphatic carboxylic acids is 1. The van der Waals surface area contributed by atoms with Gasteiger partial charge in [0.15, 0.2) is 0 Å². The third-order valence-corrected chi connectivity index (χ3v) is 2.95. The van der Waals surface area contributed by atoms with Crippen LogP contribution in [0.2, 0.25) is 0 Å². The number of nitrogens with one attached hydrogen (secondary N) is 1. The smallest absolute Gasteiger partial charge is 0.335 e. The molecular formula is C14H15NO5. The van der Waals surface area contributed by atoms with Crippen molar-refractivity contribution >= 4 is 23.5 Å². The number of benzene rings is 1. The fourth-order valence-corrected chi connectivity index (χ4v) is 1.48. The van der Waals surface area contributed by atoms with Crippen LogP contribution in [0.3, 0.4) is 0 Å². The summed E-state index contributed by atoms with van der Waals surface area (Å²) in [6.07, 6.45) is 0. The first-order valence-corrected chi connectivity index (χ1v) is 5.80. The standard InChI is InChI=1S/C14H15NO5/c1-7-6-10(14(19)20)4-5-11(7)15-12(16)8(2)9(3)13(17)18/h4-6H,1-3H3,(H,15,16)(H,17,18)(H,19,20). The summed E-state index contributed by atoms with van der Waals surface area (Å²) in [5, 5.41) is 20.2. The van der Waals surface area contributed by atoms with Crippen LogP contribution in [0.15, 0.2) is 29.3 Å². The molecule has 0 aliphatic heterocycles. The SMILES string of the molecule is CC(C(=O)O)=C(C)C(=O)Nc1ccc(C(=O)O)cc1C. The predicted molar refractivity (Wildman–Crippen MR) is 72.8 cm³/mol. The highest BCUT2D eigenvalue weighted by molar-refractivity contribution is 6.08. The fraction of sp³-hybridized carbons (Fsp3) is 0.214. The number of carbonyl (C=O) groups is 3. The normalized spacial score (nSPS) is 11.6. The maximum absolute atomic E-state index is 11.9. The van der Waals surface area contributed by atoms with Crippen molar-refractivity contribution in [1.82, 2.24) is 0 Å². The number of aromatic carboxylic acids is 1. The first kappa shape index (κ1) is 15.4. The lowest BCUT2D eigenvalue weighted by Gasteiger charge is -2.10. The van der Waals surface area contributed by atoms with E-state index in [-0.39, 0.29) is 16.7 Å². The molecule has 0 unspecified atom stereocenters. The van der Waals surface area contributed by atoms with Crippen LogP contribution in [0.1, 0.15) is 29.8 Å². The minimum atomic E-state index is -1.16. The molecule has 0 aromatic heterocycles. The van der Waals surface area contributed by atoms with Crippen molar-refractivity contribution in [3.05, 3.63) is 40.5 Å². The molecule has 0 aliphatic carbocycles. The Labute approximate surface area is 115 Å². The number of carboxylic acid groups (broad SMARTS) is 2.